The molecule has 0 saturated heterocycles. The maximum Gasteiger partial charge on any atom is 0.138 e. The summed E-state index contributed by atoms with van der Waals surface area (Å²) in [5, 5.41) is 2.05. The molecule has 3 heterocycles. The highest BCUT2D eigenvalue weighted by atomic mass is 16.5. The summed E-state index contributed by atoms with van der Waals surface area (Å²) in [6.07, 6.45) is 22.8. The van der Waals surface area contributed by atoms with E-state index in [-0.39, 0.29) is 0 Å². The van der Waals surface area contributed by atoms with Crippen molar-refractivity contribution in [2.45, 2.75) is 96.8 Å². The number of H-pyrrole nitrogens is 1. The Morgan fingerprint density at radius 1 is 0.600 bits per heavy atom. The highest BCUT2D eigenvalue weighted by Crippen LogP contribution is 2.33. The second-order valence-corrected chi connectivity index (χ2v) is 11.1. The van der Waals surface area contributed by atoms with Crippen LogP contribution in [0.25, 0.3) is 44.2 Å². The van der Waals surface area contributed by atoms with Crippen LogP contribution >= 0.6 is 0 Å². The molecule has 210 valence electrons. The van der Waals surface area contributed by atoms with Gasteiger partial charge in [0.05, 0.1) is 28.7 Å². The molecule has 0 atom stereocenters. The Kier molecular flexibility index (Phi) is 10.4. The van der Waals surface area contributed by atoms with E-state index >= 15 is 0 Å². The van der Waals surface area contributed by atoms with Crippen molar-refractivity contribution in [3.8, 4) is 17.1 Å². The summed E-state index contributed by atoms with van der Waals surface area (Å²) < 4.78 is 6.03. The van der Waals surface area contributed by atoms with Crippen LogP contribution in [0.15, 0.2) is 60.9 Å². The fraction of sp³-hybridized carbons (Fsp3) is 0.457. The molecule has 0 aliphatic carbocycles. The lowest BCUT2D eigenvalue weighted by Crippen LogP contribution is -1.97. The number of benzene rings is 2. The summed E-state index contributed by atoms with van der Waals surface area (Å²) in [6, 6.07) is 16.3. The average molecular weight is 537 g/mol. The second-order valence-electron chi connectivity index (χ2n) is 11.1. The van der Waals surface area contributed by atoms with Crippen LogP contribution in [0.1, 0.15) is 96.8 Å². The first-order chi connectivity index (χ1) is 19.8. The van der Waals surface area contributed by atoms with Crippen LogP contribution in [0.3, 0.4) is 0 Å². The number of rotatable bonds is 17. The molecule has 0 unspecified atom stereocenters. The lowest BCUT2D eigenvalue weighted by Gasteiger charge is -2.07. The monoisotopic (exact) mass is 536 g/mol. The smallest absolute Gasteiger partial charge is 0.138 e. The lowest BCUT2D eigenvalue weighted by molar-refractivity contribution is 0.304. The first kappa shape index (κ1) is 28.1. The molecular weight excluding hydrogens is 492 g/mol. The van der Waals surface area contributed by atoms with Gasteiger partial charge in [-0.3, -0.25) is 9.97 Å². The largest absolute Gasteiger partial charge is 0.494 e. The van der Waals surface area contributed by atoms with Gasteiger partial charge in [0, 0.05) is 28.7 Å². The molecule has 1 N–H and O–H groups in total. The van der Waals surface area contributed by atoms with Crippen molar-refractivity contribution in [1.29, 1.82) is 0 Å². The van der Waals surface area contributed by atoms with Crippen molar-refractivity contribution in [3.63, 3.8) is 0 Å². The molecule has 0 amide bonds. The Hall–Kier alpha value is -3.47. The predicted octanol–water partition coefficient (Wildman–Crippen LogP) is 10.2. The van der Waals surface area contributed by atoms with Crippen molar-refractivity contribution in [2.24, 2.45) is 0 Å². The van der Waals surface area contributed by atoms with Crippen LogP contribution in [0.2, 0.25) is 0 Å². The number of ether oxygens (including phenoxy) is 1. The van der Waals surface area contributed by atoms with E-state index in [0.717, 1.165) is 63.0 Å². The highest BCUT2D eigenvalue weighted by molar-refractivity contribution is 6.21. The van der Waals surface area contributed by atoms with Gasteiger partial charge in [0.15, 0.2) is 0 Å². The molecule has 5 heteroatoms. The number of nitrogens with one attached hydrogen (secondary N) is 1. The van der Waals surface area contributed by atoms with E-state index in [4.69, 9.17) is 9.72 Å². The van der Waals surface area contributed by atoms with Crippen LogP contribution in [0, 0.1) is 0 Å². The maximum absolute atomic E-state index is 6.03. The van der Waals surface area contributed by atoms with Gasteiger partial charge in [-0.05, 0) is 55.0 Å². The third kappa shape index (κ3) is 7.18. The van der Waals surface area contributed by atoms with E-state index in [1.165, 1.54) is 83.5 Å². The molecule has 0 aliphatic rings. The summed E-state index contributed by atoms with van der Waals surface area (Å²) in [4.78, 5) is 17.7. The minimum absolute atomic E-state index is 0.778. The third-order valence-electron chi connectivity index (χ3n) is 7.96. The van der Waals surface area contributed by atoms with Crippen LogP contribution < -0.4 is 4.74 Å². The molecule has 2 aromatic carbocycles. The molecule has 5 aromatic rings. The Morgan fingerprint density at radius 3 is 1.77 bits per heavy atom. The molecule has 5 rings (SSSR count). The van der Waals surface area contributed by atoms with E-state index < -0.39 is 0 Å². The molecule has 3 aromatic heterocycles. The van der Waals surface area contributed by atoms with Gasteiger partial charge >= 0.3 is 0 Å². The van der Waals surface area contributed by atoms with Crippen molar-refractivity contribution in [3.05, 3.63) is 60.9 Å². The zero-order valence-corrected chi connectivity index (χ0v) is 24.1. The maximum atomic E-state index is 6.03. The fourth-order valence-corrected chi connectivity index (χ4v) is 5.68. The number of aromatic amines is 1. The standard InChI is InChI=1S/C35H44N4O/c1-2-3-4-5-6-7-8-9-10-11-12-13-14-15-26-40-28-22-20-27(21-23-28)35-38-33-29-18-16-24-36-31(29)32-30(34(33)39-35)19-17-25-37-32/h16-25H,2-15,26H2,1H3,(H,38,39). The summed E-state index contributed by atoms with van der Waals surface area (Å²) in [7, 11) is 0. The quantitative estimate of drug-likeness (QED) is 0.0948. The first-order valence-electron chi connectivity index (χ1n) is 15.6. The van der Waals surface area contributed by atoms with E-state index in [9.17, 15) is 0 Å². The summed E-state index contributed by atoms with van der Waals surface area (Å²) in [6.45, 7) is 3.06. The van der Waals surface area contributed by atoms with Crippen LogP contribution in [0.4, 0.5) is 0 Å². The fourth-order valence-electron chi connectivity index (χ4n) is 5.68. The van der Waals surface area contributed by atoms with E-state index in [2.05, 4.69) is 46.1 Å². The van der Waals surface area contributed by atoms with E-state index in [1.54, 1.807) is 0 Å². The summed E-state index contributed by atoms with van der Waals surface area (Å²) in [5.41, 5.74) is 4.74. The Bertz CT molecular complexity index is 1400. The molecule has 0 radical (unpaired) electrons. The molecule has 0 fully saturated rings. The van der Waals surface area contributed by atoms with Crippen molar-refractivity contribution < 1.29 is 4.74 Å². The number of pyridine rings is 2. The van der Waals surface area contributed by atoms with E-state index in [0.29, 0.717) is 0 Å². The van der Waals surface area contributed by atoms with Gasteiger partial charge in [-0.2, -0.15) is 0 Å². The number of unbranched alkanes of at least 4 members (excludes halogenated alkanes) is 13. The van der Waals surface area contributed by atoms with Crippen LogP contribution in [-0.4, -0.2) is 26.5 Å². The summed E-state index contributed by atoms with van der Waals surface area (Å²) in [5.74, 6) is 1.76. The first-order valence-corrected chi connectivity index (χ1v) is 15.6. The SMILES string of the molecule is CCCCCCCCCCCCCCCCOc1ccc(-c2nc3c4cccnc4c4ncccc4c3[nH]2)cc1. The third-order valence-corrected chi connectivity index (χ3v) is 7.96. The van der Waals surface area contributed by atoms with Gasteiger partial charge in [-0.25, -0.2) is 4.98 Å². The van der Waals surface area contributed by atoms with Gasteiger partial charge < -0.3 is 9.72 Å². The zero-order valence-electron chi connectivity index (χ0n) is 24.1. The van der Waals surface area contributed by atoms with Crippen LogP contribution in [0.5, 0.6) is 5.75 Å². The van der Waals surface area contributed by atoms with Gasteiger partial charge in [-0.1, -0.05) is 90.4 Å². The summed E-state index contributed by atoms with van der Waals surface area (Å²) >= 11 is 0. The molecular formula is C35H44N4O. The normalized spacial score (nSPS) is 11.6. The number of nitrogens with zero attached hydrogens (tertiary/aromatic N) is 3. The van der Waals surface area contributed by atoms with Gasteiger partial charge in [0.25, 0.3) is 0 Å². The van der Waals surface area contributed by atoms with Crippen molar-refractivity contribution in [1.82, 2.24) is 19.9 Å². The zero-order chi connectivity index (χ0) is 27.4. The second kappa shape index (κ2) is 14.8. The number of aromatic nitrogens is 4. The number of imidazole rings is 1. The molecule has 0 bridgehead atoms. The minimum Gasteiger partial charge on any atom is -0.494 e. The number of hydrogen-bond acceptors (Lipinski definition) is 4. The predicted molar refractivity (Wildman–Crippen MR) is 168 cm³/mol. The molecule has 0 saturated carbocycles. The Morgan fingerprint density at radius 2 is 1.15 bits per heavy atom. The lowest BCUT2D eigenvalue weighted by atomic mass is 10.0. The number of fused-ring (bicyclic) bond motifs is 6. The highest BCUT2D eigenvalue weighted by Gasteiger charge is 2.15. The van der Waals surface area contributed by atoms with Crippen LogP contribution in [-0.2, 0) is 0 Å². The molecule has 40 heavy (non-hydrogen) atoms. The Labute approximate surface area is 238 Å². The van der Waals surface area contributed by atoms with Crippen molar-refractivity contribution in [2.75, 3.05) is 6.61 Å². The average Bonchev–Trinajstić information content (AvgIpc) is 3.46. The van der Waals surface area contributed by atoms with Gasteiger partial charge in [0.2, 0.25) is 0 Å². The van der Waals surface area contributed by atoms with Gasteiger partial charge in [-0.15, -0.1) is 0 Å². The molecule has 0 aliphatic heterocycles. The van der Waals surface area contributed by atoms with Crippen molar-refractivity contribution >= 4 is 32.8 Å². The Balaban J connectivity index is 1.04. The minimum atomic E-state index is 0.778. The molecule has 0 spiro atoms. The molecule has 5 nitrogen and oxygen atoms in total. The topological polar surface area (TPSA) is 63.7 Å². The van der Waals surface area contributed by atoms with Gasteiger partial charge in [0.1, 0.15) is 11.6 Å². The van der Waals surface area contributed by atoms with E-state index in [1.807, 2.05) is 36.7 Å². The number of hydrogen-bond donors (Lipinski definition) is 1.